The third-order valence-corrected chi connectivity index (χ3v) is 7.29. The standard InChI is InChI=1S/C20H22Cl2N2O3S/c1-23(28(26,27)17-9-6-15(21)7-10-17)16-8-11-19(22)18(14-16)20(25)24-12-4-2-3-5-13-24/h6-11,14H,2-5,12-13H2,1H3. The number of sulfonamides is 1. The van der Waals surface area contributed by atoms with Gasteiger partial charge in [0.25, 0.3) is 15.9 Å². The number of benzene rings is 2. The van der Waals surface area contributed by atoms with Gasteiger partial charge in [0.15, 0.2) is 0 Å². The smallest absolute Gasteiger partial charge is 0.264 e. The van der Waals surface area contributed by atoms with Crippen molar-refractivity contribution in [2.24, 2.45) is 0 Å². The summed E-state index contributed by atoms with van der Waals surface area (Å²) in [6, 6.07) is 10.7. The highest BCUT2D eigenvalue weighted by molar-refractivity contribution is 7.92. The molecular formula is C20H22Cl2N2O3S. The number of carbonyl (C=O) groups excluding carboxylic acids is 1. The van der Waals surface area contributed by atoms with Crippen LogP contribution in [0.5, 0.6) is 0 Å². The maximum Gasteiger partial charge on any atom is 0.264 e. The Hall–Kier alpha value is -1.76. The van der Waals surface area contributed by atoms with E-state index in [1.807, 2.05) is 0 Å². The summed E-state index contributed by atoms with van der Waals surface area (Å²) in [5.41, 5.74) is 0.691. The molecule has 5 nitrogen and oxygen atoms in total. The van der Waals surface area contributed by atoms with Gasteiger partial charge < -0.3 is 4.90 Å². The number of rotatable bonds is 4. The van der Waals surface area contributed by atoms with E-state index in [9.17, 15) is 13.2 Å². The fourth-order valence-electron chi connectivity index (χ4n) is 3.22. The van der Waals surface area contributed by atoms with Crippen molar-refractivity contribution in [3.8, 4) is 0 Å². The van der Waals surface area contributed by atoms with E-state index in [0.29, 0.717) is 34.4 Å². The zero-order valence-corrected chi connectivity index (χ0v) is 17.9. The van der Waals surface area contributed by atoms with Gasteiger partial charge in [-0.05, 0) is 55.3 Å². The lowest BCUT2D eigenvalue weighted by Gasteiger charge is -2.23. The van der Waals surface area contributed by atoms with Gasteiger partial charge in [-0.25, -0.2) is 8.42 Å². The van der Waals surface area contributed by atoms with Gasteiger partial charge in [-0.1, -0.05) is 36.0 Å². The zero-order valence-electron chi connectivity index (χ0n) is 15.6. The van der Waals surface area contributed by atoms with Crippen molar-refractivity contribution in [2.45, 2.75) is 30.6 Å². The lowest BCUT2D eigenvalue weighted by molar-refractivity contribution is 0.0762. The van der Waals surface area contributed by atoms with Gasteiger partial charge in [0, 0.05) is 25.2 Å². The molecular weight excluding hydrogens is 419 g/mol. The molecule has 0 N–H and O–H groups in total. The summed E-state index contributed by atoms with van der Waals surface area (Å²) in [4.78, 5) is 14.9. The Balaban J connectivity index is 1.91. The predicted molar refractivity (Wildman–Crippen MR) is 113 cm³/mol. The second kappa shape index (κ2) is 8.72. The van der Waals surface area contributed by atoms with Gasteiger partial charge in [-0.15, -0.1) is 0 Å². The molecule has 0 atom stereocenters. The number of amides is 1. The third-order valence-electron chi connectivity index (χ3n) is 4.91. The lowest BCUT2D eigenvalue weighted by atomic mass is 10.1. The van der Waals surface area contributed by atoms with E-state index < -0.39 is 10.0 Å². The second-order valence-corrected chi connectivity index (χ2v) is 9.61. The number of hydrogen-bond donors (Lipinski definition) is 0. The number of nitrogens with zero attached hydrogens (tertiary/aromatic N) is 2. The molecule has 0 aliphatic carbocycles. The summed E-state index contributed by atoms with van der Waals surface area (Å²) < 4.78 is 27.0. The van der Waals surface area contributed by atoms with Crippen molar-refractivity contribution in [3.63, 3.8) is 0 Å². The van der Waals surface area contributed by atoms with Crippen LogP contribution in [-0.2, 0) is 10.0 Å². The molecule has 3 rings (SSSR count). The van der Waals surface area contributed by atoms with Crippen molar-refractivity contribution >= 4 is 44.8 Å². The van der Waals surface area contributed by atoms with Crippen LogP contribution in [0.3, 0.4) is 0 Å². The molecule has 0 saturated carbocycles. The van der Waals surface area contributed by atoms with Gasteiger partial charge in [-0.3, -0.25) is 9.10 Å². The lowest BCUT2D eigenvalue weighted by Crippen LogP contribution is -2.32. The van der Waals surface area contributed by atoms with Crippen LogP contribution >= 0.6 is 23.2 Å². The maximum atomic E-state index is 13.0. The molecule has 2 aromatic rings. The quantitative estimate of drug-likeness (QED) is 0.683. The van der Waals surface area contributed by atoms with Gasteiger partial charge in [0.2, 0.25) is 0 Å². The van der Waals surface area contributed by atoms with Gasteiger partial charge in [0.1, 0.15) is 0 Å². The van der Waals surface area contributed by atoms with Crippen LogP contribution in [0.4, 0.5) is 5.69 Å². The average Bonchev–Trinajstić information content (AvgIpc) is 2.97. The summed E-state index contributed by atoms with van der Waals surface area (Å²) in [6.45, 7) is 1.39. The highest BCUT2D eigenvalue weighted by atomic mass is 35.5. The zero-order chi connectivity index (χ0) is 20.3. The molecule has 1 aliphatic rings. The van der Waals surface area contributed by atoms with E-state index in [1.54, 1.807) is 23.1 Å². The fraction of sp³-hybridized carbons (Fsp3) is 0.350. The molecule has 1 aliphatic heterocycles. The first-order valence-corrected chi connectivity index (χ1v) is 11.3. The first-order valence-electron chi connectivity index (χ1n) is 9.14. The minimum absolute atomic E-state index is 0.120. The number of halogens is 2. The Labute approximate surface area is 175 Å². The number of carbonyl (C=O) groups is 1. The Bertz CT molecular complexity index is 954. The molecule has 28 heavy (non-hydrogen) atoms. The number of hydrogen-bond acceptors (Lipinski definition) is 3. The second-order valence-electron chi connectivity index (χ2n) is 6.80. The molecule has 0 bridgehead atoms. The van der Waals surface area contributed by atoms with Gasteiger partial charge in [-0.2, -0.15) is 0 Å². The van der Waals surface area contributed by atoms with Crippen molar-refractivity contribution in [1.82, 2.24) is 4.90 Å². The minimum atomic E-state index is -3.79. The average molecular weight is 441 g/mol. The molecule has 0 unspecified atom stereocenters. The summed E-state index contributed by atoms with van der Waals surface area (Å²) in [5.74, 6) is -0.161. The summed E-state index contributed by atoms with van der Waals surface area (Å²) in [7, 11) is -2.34. The van der Waals surface area contributed by atoms with Crippen LogP contribution in [-0.4, -0.2) is 39.4 Å². The van der Waals surface area contributed by atoms with Crippen LogP contribution in [0, 0.1) is 0 Å². The highest BCUT2D eigenvalue weighted by Crippen LogP contribution is 2.28. The van der Waals surface area contributed by atoms with Gasteiger partial charge >= 0.3 is 0 Å². The molecule has 1 fully saturated rings. The molecule has 150 valence electrons. The van der Waals surface area contributed by atoms with Crippen LogP contribution in [0.1, 0.15) is 36.0 Å². The predicted octanol–water partition coefficient (Wildman–Crippen LogP) is 4.83. The summed E-state index contributed by atoms with van der Waals surface area (Å²) >= 11 is 12.1. The SMILES string of the molecule is CN(c1ccc(Cl)c(C(=O)N2CCCCCC2)c1)S(=O)(=O)c1ccc(Cl)cc1. The molecule has 0 spiro atoms. The van der Waals surface area contributed by atoms with E-state index >= 15 is 0 Å². The van der Waals surface area contributed by atoms with Crippen molar-refractivity contribution in [2.75, 3.05) is 24.4 Å². The molecule has 0 radical (unpaired) electrons. The summed E-state index contributed by atoms with van der Waals surface area (Å²) in [5, 5.41) is 0.772. The number of anilines is 1. The Morgan fingerprint density at radius 1 is 0.964 bits per heavy atom. The maximum absolute atomic E-state index is 13.0. The molecule has 1 heterocycles. The molecule has 1 amide bonds. The van der Waals surface area contributed by atoms with E-state index in [4.69, 9.17) is 23.2 Å². The van der Waals surface area contributed by atoms with E-state index in [1.165, 1.54) is 31.3 Å². The van der Waals surface area contributed by atoms with Crippen LogP contribution < -0.4 is 4.31 Å². The van der Waals surface area contributed by atoms with E-state index in [0.717, 1.165) is 30.0 Å². The first-order chi connectivity index (χ1) is 13.3. The first kappa shape index (κ1) is 21.0. The number of likely N-dealkylation sites (tertiary alicyclic amines) is 1. The topological polar surface area (TPSA) is 57.7 Å². The third kappa shape index (κ3) is 4.45. The Morgan fingerprint density at radius 3 is 2.18 bits per heavy atom. The van der Waals surface area contributed by atoms with Crippen molar-refractivity contribution in [3.05, 3.63) is 58.1 Å². The Morgan fingerprint density at radius 2 is 1.57 bits per heavy atom. The normalized spacial score (nSPS) is 15.2. The van der Waals surface area contributed by atoms with E-state index in [2.05, 4.69) is 0 Å². The summed E-state index contributed by atoms with van der Waals surface area (Å²) in [6.07, 6.45) is 4.15. The monoisotopic (exact) mass is 440 g/mol. The molecule has 2 aromatic carbocycles. The van der Waals surface area contributed by atoms with E-state index in [-0.39, 0.29) is 10.8 Å². The molecule has 8 heteroatoms. The molecule has 0 aromatic heterocycles. The van der Waals surface area contributed by atoms with Crippen molar-refractivity contribution in [1.29, 1.82) is 0 Å². The van der Waals surface area contributed by atoms with Crippen LogP contribution in [0.15, 0.2) is 47.4 Å². The Kier molecular flexibility index (Phi) is 6.53. The minimum Gasteiger partial charge on any atom is -0.339 e. The van der Waals surface area contributed by atoms with Crippen LogP contribution in [0.2, 0.25) is 10.0 Å². The van der Waals surface area contributed by atoms with Gasteiger partial charge in [0.05, 0.1) is 21.2 Å². The fourth-order valence-corrected chi connectivity index (χ4v) is 4.73. The van der Waals surface area contributed by atoms with Crippen LogP contribution in [0.25, 0.3) is 0 Å². The highest BCUT2D eigenvalue weighted by Gasteiger charge is 2.24. The molecule has 1 saturated heterocycles. The largest absolute Gasteiger partial charge is 0.339 e. The van der Waals surface area contributed by atoms with Crippen molar-refractivity contribution < 1.29 is 13.2 Å².